The molecule has 0 heterocycles. The van der Waals surface area contributed by atoms with Crippen molar-refractivity contribution in [3.8, 4) is 0 Å². The third-order valence-electron chi connectivity index (χ3n) is 11.4. The quantitative estimate of drug-likeness (QED) is 0.359. The fourth-order valence-corrected chi connectivity index (χ4v) is 9.25. The molecule has 3 heteroatoms. The van der Waals surface area contributed by atoms with E-state index < -0.39 is 0 Å². The second-order valence-electron chi connectivity index (χ2n) is 14.3. The van der Waals surface area contributed by atoms with Crippen molar-refractivity contribution in [3.05, 3.63) is 23.3 Å². The summed E-state index contributed by atoms with van der Waals surface area (Å²) < 4.78 is 5.78. The lowest BCUT2D eigenvalue weighted by Crippen LogP contribution is -2.56. The van der Waals surface area contributed by atoms with E-state index in [1.54, 1.807) is 0 Å². The predicted octanol–water partition coefficient (Wildman–Crippen LogP) is 8.08. The Kier molecular flexibility index (Phi) is 6.76. The molecular formula is C32H50O3. The summed E-state index contributed by atoms with van der Waals surface area (Å²) in [5, 5.41) is 0. The van der Waals surface area contributed by atoms with Crippen molar-refractivity contribution in [2.75, 3.05) is 0 Å². The molecule has 2 saturated carbocycles. The molecule has 35 heavy (non-hydrogen) atoms. The first-order valence-electron chi connectivity index (χ1n) is 14.3. The van der Waals surface area contributed by atoms with Gasteiger partial charge in [-0.15, -0.1) is 0 Å². The minimum Gasteiger partial charge on any atom is -0.462 e. The summed E-state index contributed by atoms with van der Waals surface area (Å²) in [5.74, 6) is 2.40. The molecule has 4 aliphatic carbocycles. The number of Topliss-reactive ketones (excluding diaryl/α,β-unsaturated/α-hetero) is 1. The van der Waals surface area contributed by atoms with Crippen LogP contribution in [0.2, 0.25) is 0 Å². The van der Waals surface area contributed by atoms with E-state index in [9.17, 15) is 9.59 Å². The average molecular weight is 483 g/mol. The van der Waals surface area contributed by atoms with Crippen molar-refractivity contribution < 1.29 is 14.3 Å². The Hall–Kier alpha value is -1.38. The number of carbonyl (C=O) groups excluding carboxylic acids is 2. The van der Waals surface area contributed by atoms with Crippen LogP contribution in [0.25, 0.3) is 0 Å². The van der Waals surface area contributed by atoms with E-state index in [1.807, 2.05) is 0 Å². The molecule has 196 valence electrons. The molecule has 0 aromatic carbocycles. The molecule has 0 bridgehead atoms. The van der Waals surface area contributed by atoms with Crippen molar-refractivity contribution in [1.29, 1.82) is 0 Å². The van der Waals surface area contributed by atoms with Gasteiger partial charge in [-0.1, -0.05) is 86.8 Å². The Morgan fingerprint density at radius 3 is 2.37 bits per heavy atom. The number of allylic oxidation sites excluding steroid dienone is 4. The van der Waals surface area contributed by atoms with Crippen molar-refractivity contribution in [3.63, 3.8) is 0 Å². The van der Waals surface area contributed by atoms with Gasteiger partial charge in [-0.25, -0.2) is 0 Å². The zero-order valence-electron chi connectivity index (χ0n) is 23.9. The number of ketones is 1. The zero-order chi connectivity index (χ0) is 26.0. The lowest BCUT2D eigenvalue weighted by atomic mass is 9.44. The third-order valence-corrected chi connectivity index (χ3v) is 11.4. The van der Waals surface area contributed by atoms with Crippen LogP contribution in [0.5, 0.6) is 0 Å². The van der Waals surface area contributed by atoms with Gasteiger partial charge in [0.05, 0.1) is 0 Å². The van der Waals surface area contributed by atoms with E-state index >= 15 is 0 Å². The molecule has 4 rings (SSSR count). The summed E-state index contributed by atoms with van der Waals surface area (Å²) in [4.78, 5) is 25.9. The van der Waals surface area contributed by atoms with Crippen LogP contribution in [0.3, 0.4) is 0 Å². The lowest BCUT2D eigenvalue weighted by Gasteiger charge is -2.59. The maximum Gasteiger partial charge on any atom is 0.302 e. The summed E-state index contributed by atoms with van der Waals surface area (Å²) in [5.41, 5.74) is 2.14. The first-order valence-corrected chi connectivity index (χ1v) is 14.3. The number of fused-ring (bicyclic) bond motifs is 4. The van der Waals surface area contributed by atoms with Crippen LogP contribution in [0.1, 0.15) is 114 Å². The van der Waals surface area contributed by atoms with E-state index in [-0.39, 0.29) is 39.7 Å². The van der Waals surface area contributed by atoms with E-state index in [4.69, 9.17) is 4.74 Å². The SMILES string of the molecule is CC(=O)O[C@H]1CC[C@]2(C)C3=C(C=C[C@H]2C1(C)C)[C@]1(C)CC[C@H]([C@H](C)CCCC(C)C)[C@@]1(C)CC3=O. The molecule has 0 spiro atoms. The summed E-state index contributed by atoms with van der Waals surface area (Å²) in [6.45, 7) is 20.3. The number of hydrogen-bond acceptors (Lipinski definition) is 3. The number of hydrogen-bond donors (Lipinski definition) is 0. The maximum atomic E-state index is 14.1. The Morgan fingerprint density at radius 1 is 1.06 bits per heavy atom. The minimum atomic E-state index is -0.210. The van der Waals surface area contributed by atoms with Gasteiger partial charge in [0, 0.05) is 29.7 Å². The van der Waals surface area contributed by atoms with Crippen molar-refractivity contribution in [2.24, 2.45) is 45.3 Å². The van der Waals surface area contributed by atoms with Gasteiger partial charge in [-0.05, 0) is 65.8 Å². The number of esters is 1. The topological polar surface area (TPSA) is 43.4 Å². The summed E-state index contributed by atoms with van der Waals surface area (Å²) in [7, 11) is 0. The molecule has 3 nitrogen and oxygen atoms in total. The van der Waals surface area contributed by atoms with Gasteiger partial charge in [-0.2, -0.15) is 0 Å². The monoisotopic (exact) mass is 482 g/mol. The maximum absolute atomic E-state index is 14.1. The van der Waals surface area contributed by atoms with Gasteiger partial charge >= 0.3 is 5.97 Å². The summed E-state index contributed by atoms with van der Waals surface area (Å²) in [6, 6.07) is 0. The average Bonchev–Trinajstić information content (AvgIpc) is 3.00. The predicted molar refractivity (Wildman–Crippen MR) is 143 cm³/mol. The molecule has 4 aliphatic rings. The Morgan fingerprint density at radius 2 is 1.74 bits per heavy atom. The van der Waals surface area contributed by atoms with Crippen LogP contribution < -0.4 is 0 Å². The molecule has 0 unspecified atom stereocenters. The van der Waals surface area contributed by atoms with E-state index in [0.29, 0.717) is 24.0 Å². The van der Waals surface area contributed by atoms with Crippen LogP contribution in [0.4, 0.5) is 0 Å². The minimum absolute atomic E-state index is 0.0260. The fourth-order valence-electron chi connectivity index (χ4n) is 9.25. The highest BCUT2D eigenvalue weighted by Crippen LogP contribution is 2.70. The molecule has 0 N–H and O–H groups in total. The smallest absolute Gasteiger partial charge is 0.302 e. The highest BCUT2D eigenvalue weighted by atomic mass is 16.5. The van der Waals surface area contributed by atoms with Crippen LogP contribution in [-0.2, 0) is 14.3 Å². The van der Waals surface area contributed by atoms with Crippen LogP contribution in [0.15, 0.2) is 23.3 Å². The molecular weight excluding hydrogens is 432 g/mol. The number of carbonyl (C=O) groups is 2. The standard InChI is InChI=1S/C32H50O3/c1-20(2)11-10-12-21(3)23-15-18-31(8)24-13-14-26-29(5,6)27(35-22(4)33)16-17-30(26,7)28(24)25(34)19-32(23,31)9/h13-14,20-21,23,26-27H,10-12,15-19H2,1-9H3/t21-,23-,26+,27+,30+,31+,32-/m1/s1. The normalized spacial score (nSPS) is 40.9. The largest absolute Gasteiger partial charge is 0.462 e. The third kappa shape index (κ3) is 3.98. The summed E-state index contributed by atoms with van der Waals surface area (Å²) >= 11 is 0. The summed E-state index contributed by atoms with van der Waals surface area (Å²) in [6.07, 6.45) is 13.3. The van der Waals surface area contributed by atoms with Gasteiger partial charge in [-0.3, -0.25) is 9.59 Å². The van der Waals surface area contributed by atoms with Gasteiger partial charge in [0.2, 0.25) is 0 Å². The number of rotatable bonds is 6. The van der Waals surface area contributed by atoms with Gasteiger partial charge < -0.3 is 4.74 Å². The lowest BCUT2D eigenvalue weighted by molar-refractivity contribution is -0.163. The second kappa shape index (κ2) is 8.88. The van der Waals surface area contributed by atoms with Crippen LogP contribution in [0, 0.1) is 45.3 Å². The van der Waals surface area contributed by atoms with Gasteiger partial charge in [0.15, 0.2) is 5.78 Å². The van der Waals surface area contributed by atoms with Crippen molar-refractivity contribution in [1.82, 2.24) is 0 Å². The molecule has 0 saturated heterocycles. The molecule has 0 amide bonds. The second-order valence-corrected chi connectivity index (χ2v) is 14.3. The van der Waals surface area contributed by atoms with Crippen molar-refractivity contribution >= 4 is 11.8 Å². The van der Waals surface area contributed by atoms with Crippen LogP contribution >= 0.6 is 0 Å². The highest BCUT2D eigenvalue weighted by Gasteiger charge is 2.64. The van der Waals surface area contributed by atoms with Gasteiger partial charge in [0.25, 0.3) is 0 Å². The van der Waals surface area contributed by atoms with E-state index in [1.165, 1.54) is 44.6 Å². The molecule has 7 atom stereocenters. The molecule has 2 fully saturated rings. The first kappa shape index (κ1) is 26.7. The Bertz CT molecular complexity index is 938. The van der Waals surface area contributed by atoms with E-state index in [2.05, 4.69) is 67.5 Å². The Labute approximate surface area is 214 Å². The molecule has 0 aromatic rings. The molecule has 0 aromatic heterocycles. The van der Waals surface area contributed by atoms with Gasteiger partial charge in [0.1, 0.15) is 6.10 Å². The molecule has 0 aliphatic heterocycles. The Balaban J connectivity index is 1.68. The van der Waals surface area contributed by atoms with Crippen LogP contribution in [-0.4, -0.2) is 17.9 Å². The fraction of sp³-hybridized carbons (Fsp3) is 0.812. The molecule has 0 radical (unpaired) electrons. The van der Waals surface area contributed by atoms with Crippen molar-refractivity contribution in [2.45, 2.75) is 120 Å². The number of ether oxygens (including phenoxy) is 1. The first-order chi connectivity index (χ1) is 16.2. The zero-order valence-corrected chi connectivity index (χ0v) is 23.9. The highest BCUT2D eigenvalue weighted by molar-refractivity contribution is 6.00. The van der Waals surface area contributed by atoms with E-state index in [0.717, 1.165) is 24.3 Å².